The summed E-state index contributed by atoms with van der Waals surface area (Å²) in [4.78, 5) is 22.5. The Morgan fingerprint density at radius 2 is 2.19 bits per heavy atom. The van der Waals surface area contributed by atoms with Gasteiger partial charge in [-0.25, -0.2) is 9.97 Å². The molecule has 3 aromatic rings. The first kappa shape index (κ1) is 8.84. The van der Waals surface area contributed by atoms with Crippen LogP contribution in [0.15, 0.2) is 30.7 Å². The Bertz CT molecular complexity index is 701. The zero-order valence-corrected chi connectivity index (χ0v) is 8.27. The van der Waals surface area contributed by atoms with Crippen LogP contribution >= 0.6 is 0 Å². The lowest BCUT2D eigenvalue weighted by Crippen LogP contribution is -2.11. The van der Waals surface area contributed by atoms with Gasteiger partial charge in [-0.05, 0) is 12.1 Å². The largest absolute Gasteiger partial charge is 0.366 e. The van der Waals surface area contributed by atoms with Gasteiger partial charge in [-0.1, -0.05) is 6.07 Å². The number of H-pyrrole nitrogens is 1. The van der Waals surface area contributed by atoms with E-state index in [1.54, 1.807) is 18.3 Å². The minimum absolute atomic E-state index is 0.454. The Morgan fingerprint density at radius 3 is 3.00 bits per heavy atom. The van der Waals surface area contributed by atoms with E-state index in [-0.39, 0.29) is 0 Å². The number of benzene rings is 1. The fraction of sp³-hybridized carbons (Fsp3) is 0. The molecule has 2 aromatic heterocycles. The van der Waals surface area contributed by atoms with E-state index in [0.29, 0.717) is 5.56 Å². The van der Waals surface area contributed by atoms with E-state index in [4.69, 9.17) is 5.73 Å². The summed E-state index contributed by atoms with van der Waals surface area (Å²) in [6, 6.07) is 5.36. The van der Waals surface area contributed by atoms with Crippen molar-refractivity contribution in [3.8, 4) is 0 Å². The van der Waals surface area contributed by atoms with Crippen molar-refractivity contribution in [1.82, 2.24) is 15.0 Å². The number of aromatic nitrogens is 3. The van der Waals surface area contributed by atoms with Crippen LogP contribution in [0.4, 0.5) is 0 Å². The summed E-state index contributed by atoms with van der Waals surface area (Å²) >= 11 is 0. The first-order valence-corrected chi connectivity index (χ1v) is 4.77. The highest BCUT2D eigenvalue weighted by Crippen LogP contribution is 2.25. The Kier molecular flexibility index (Phi) is 1.67. The van der Waals surface area contributed by atoms with Gasteiger partial charge in [0, 0.05) is 10.9 Å². The fourth-order valence-corrected chi connectivity index (χ4v) is 1.88. The molecule has 0 saturated carbocycles. The Morgan fingerprint density at radius 1 is 1.31 bits per heavy atom. The minimum Gasteiger partial charge on any atom is -0.366 e. The zero-order chi connectivity index (χ0) is 11.1. The number of amides is 1. The molecule has 16 heavy (non-hydrogen) atoms. The van der Waals surface area contributed by atoms with Gasteiger partial charge >= 0.3 is 0 Å². The lowest BCUT2D eigenvalue weighted by atomic mass is 10.1. The fourth-order valence-electron chi connectivity index (χ4n) is 1.88. The Labute approximate surface area is 90.3 Å². The first-order chi connectivity index (χ1) is 7.77. The van der Waals surface area contributed by atoms with Gasteiger partial charge in [-0.15, -0.1) is 0 Å². The summed E-state index contributed by atoms with van der Waals surface area (Å²) in [6.45, 7) is 0. The maximum absolute atomic E-state index is 11.3. The van der Waals surface area contributed by atoms with Crippen molar-refractivity contribution in [1.29, 1.82) is 0 Å². The van der Waals surface area contributed by atoms with Crippen LogP contribution in [0.25, 0.3) is 21.9 Å². The quantitative estimate of drug-likeness (QED) is 0.635. The number of hydrogen-bond acceptors (Lipinski definition) is 3. The monoisotopic (exact) mass is 212 g/mol. The second kappa shape index (κ2) is 3.03. The van der Waals surface area contributed by atoms with Crippen molar-refractivity contribution in [3.05, 3.63) is 36.3 Å². The van der Waals surface area contributed by atoms with Crippen molar-refractivity contribution in [2.75, 3.05) is 0 Å². The average molecular weight is 212 g/mol. The van der Waals surface area contributed by atoms with Gasteiger partial charge in [0.25, 0.3) is 0 Å². The van der Waals surface area contributed by atoms with Gasteiger partial charge in [-0.2, -0.15) is 0 Å². The van der Waals surface area contributed by atoms with Crippen LogP contribution in [-0.4, -0.2) is 20.9 Å². The molecule has 1 amide bonds. The molecule has 78 valence electrons. The SMILES string of the molecule is NC(=O)c1cccc2[nH]c3cncnc3c12. The van der Waals surface area contributed by atoms with Crippen LogP contribution in [0.1, 0.15) is 10.4 Å². The Hall–Kier alpha value is -2.43. The molecule has 0 aliphatic heterocycles. The standard InChI is InChI=1S/C11H8N4O/c12-11(16)6-2-1-3-7-9(6)10-8(15-7)4-13-5-14-10/h1-5,15H,(H2,12,16). The number of hydrogen-bond donors (Lipinski definition) is 2. The van der Waals surface area contributed by atoms with Crippen molar-refractivity contribution in [3.63, 3.8) is 0 Å². The van der Waals surface area contributed by atoms with Gasteiger partial charge in [-0.3, -0.25) is 4.79 Å². The van der Waals surface area contributed by atoms with Crippen LogP contribution in [0, 0.1) is 0 Å². The van der Waals surface area contributed by atoms with E-state index >= 15 is 0 Å². The molecule has 5 nitrogen and oxygen atoms in total. The smallest absolute Gasteiger partial charge is 0.249 e. The number of rotatable bonds is 1. The summed E-state index contributed by atoms with van der Waals surface area (Å²) in [5.41, 5.74) is 8.17. The van der Waals surface area contributed by atoms with Crippen LogP contribution in [0.3, 0.4) is 0 Å². The van der Waals surface area contributed by atoms with Crippen LogP contribution in [0.2, 0.25) is 0 Å². The molecule has 5 heteroatoms. The average Bonchev–Trinajstić information content (AvgIpc) is 2.66. The molecule has 0 bridgehead atoms. The van der Waals surface area contributed by atoms with Crippen molar-refractivity contribution < 1.29 is 4.79 Å². The molecule has 0 atom stereocenters. The third-order valence-electron chi connectivity index (χ3n) is 2.55. The van der Waals surface area contributed by atoms with Crippen molar-refractivity contribution >= 4 is 27.8 Å². The molecule has 0 aliphatic rings. The number of nitrogens with zero attached hydrogens (tertiary/aromatic N) is 2. The maximum atomic E-state index is 11.3. The number of aromatic amines is 1. The second-order valence-electron chi connectivity index (χ2n) is 3.50. The van der Waals surface area contributed by atoms with Crippen molar-refractivity contribution in [2.45, 2.75) is 0 Å². The van der Waals surface area contributed by atoms with Crippen LogP contribution < -0.4 is 5.73 Å². The highest BCUT2D eigenvalue weighted by molar-refractivity contribution is 6.15. The summed E-state index contributed by atoms with van der Waals surface area (Å²) in [6.07, 6.45) is 3.13. The predicted molar refractivity (Wildman–Crippen MR) is 59.9 cm³/mol. The number of nitrogens with two attached hydrogens (primary N) is 1. The normalized spacial score (nSPS) is 11.0. The molecule has 0 spiro atoms. The van der Waals surface area contributed by atoms with E-state index in [1.807, 2.05) is 6.07 Å². The number of nitrogens with one attached hydrogen (secondary N) is 1. The number of carbonyl (C=O) groups excluding carboxylic acids is 1. The maximum Gasteiger partial charge on any atom is 0.249 e. The highest BCUT2D eigenvalue weighted by atomic mass is 16.1. The second-order valence-corrected chi connectivity index (χ2v) is 3.50. The summed E-state index contributed by atoms with van der Waals surface area (Å²) in [5, 5.41) is 0.757. The molecular weight excluding hydrogens is 204 g/mol. The molecule has 0 saturated heterocycles. The summed E-state index contributed by atoms with van der Waals surface area (Å²) < 4.78 is 0. The predicted octanol–water partition coefficient (Wildman–Crippen LogP) is 1.21. The third-order valence-corrected chi connectivity index (χ3v) is 2.55. The number of primary amides is 1. The highest BCUT2D eigenvalue weighted by Gasteiger charge is 2.12. The van der Waals surface area contributed by atoms with E-state index < -0.39 is 5.91 Å². The molecule has 1 aromatic carbocycles. The van der Waals surface area contributed by atoms with E-state index in [0.717, 1.165) is 21.9 Å². The third kappa shape index (κ3) is 1.08. The lowest BCUT2D eigenvalue weighted by molar-refractivity contribution is 0.100. The Balaban J connectivity index is 2.57. The van der Waals surface area contributed by atoms with Gasteiger partial charge in [0.2, 0.25) is 5.91 Å². The molecule has 0 fully saturated rings. The molecule has 3 N–H and O–H groups in total. The number of fused-ring (bicyclic) bond motifs is 3. The molecule has 2 heterocycles. The number of carbonyl (C=O) groups is 1. The van der Waals surface area contributed by atoms with Gasteiger partial charge in [0.1, 0.15) is 6.33 Å². The summed E-state index contributed by atoms with van der Waals surface area (Å²) in [5.74, 6) is -0.454. The first-order valence-electron chi connectivity index (χ1n) is 4.77. The summed E-state index contributed by atoms with van der Waals surface area (Å²) in [7, 11) is 0. The molecule has 0 unspecified atom stereocenters. The molecule has 3 rings (SSSR count). The topological polar surface area (TPSA) is 84.7 Å². The van der Waals surface area contributed by atoms with Crippen LogP contribution in [0.5, 0.6) is 0 Å². The lowest BCUT2D eigenvalue weighted by Gasteiger charge is -1.97. The minimum atomic E-state index is -0.454. The van der Waals surface area contributed by atoms with Gasteiger partial charge in [0.05, 0.1) is 22.8 Å². The zero-order valence-electron chi connectivity index (χ0n) is 8.27. The van der Waals surface area contributed by atoms with Crippen molar-refractivity contribution in [2.24, 2.45) is 5.73 Å². The van der Waals surface area contributed by atoms with E-state index in [9.17, 15) is 4.79 Å². The van der Waals surface area contributed by atoms with Gasteiger partial charge < -0.3 is 10.7 Å². The molecule has 0 radical (unpaired) electrons. The van der Waals surface area contributed by atoms with Crippen LogP contribution in [-0.2, 0) is 0 Å². The van der Waals surface area contributed by atoms with E-state index in [2.05, 4.69) is 15.0 Å². The molecule has 0 aliphatic carbocycles. The van der Waals surface area contributed by atoms with Gasteiger partial charge in [0.15, 0.2) is 0 Å². The molecular formula is C11H8N4O. The van der Waals surface area contributed by atoms with E-state index in [1.165, 1.54) is 6.33 Å².